The number of piperidine rings is 1. The van der Waals surface area contributed by atoms with Gasteiger partial charge in [0, 0.05) is 13.1 Å². The van der Waals surface area contributed by atoms with Crippen molar-refractivity contribution >= 4 is 22.6 Å². The smallest absolute Gasteiger partial charge is 0.399 e. The molecule has 0 bridgehead atoms. The monoisotopic (exact) mass is 351 g/mol. The van der Waals surface area contributed by atoms with Gasteiger partial charge in [-0.1, -0.05) is 18.6 Å². The van der Waals surface area contributed by atoms with Gasteiger partial charge in [0.25, 0.3) is 0 Å². The van der Waals surface area contributed by atoms with E-state index in [4.69, 9.17) is 9.31 Å². The summed E-state index contributed by atoms with van der Waals surface area (Å²) in [5, 5.41) is 0. The van der Waals surface area contributed by atoms with Crippen LogP contribution in [0.1, 0.15) is 47.0 Å². The average molecular weight is 351 g/mol. The van der Waals surface area contributed by atoms with E-state index in [2.05, 4.69) is 0 Å². The lowest BCUT2D eigenvalue weighted by atomic mass is 9.79. The minimum atomic E-state index is -3.40. The summed E-state index contributed by atoms with van der Waals surface area (Å²) < 4.78 is 39.0. The molecule has 7 heteroatoms. The summed E-state index contributed by atoms with van der Waals surface area (Å²) in [4.78, 5) is 0.338. The Labute approximate surface area is 145 Å². The Bertz CT molecular complexity index is 678. The Morgan fingerprint density at radius 2 is 1.42 bits per heavy atom. The van der Waals surface area contributed by atoms with E-state index < -0.39 is 28.3 Å². The molecule has 132 valence electrons. The van der Waals surface area contributed by atoms with Crippen molar-refractivity contribution in [1.82, 2.24) is 4.31 Å². The van der Waals surface area contributed by atoms with E-state index in [1.807, 2.05) is 27.7 Å². The van der Waals surface area contributed by atoms with Gasteiger partial charge in [0.1, 0.15) is 0 Å². The summed E-state index contributed by atoms with van der Waals surface area (Å²) in [6.07, 6.45) is 2.98. The van der Waals surface area contributed by atoms with Crippen molar-refractivity contribution in [2.45, 2.75) is 63.1 Å². The van der Waals surface area contributed by atoms with E-state index in [0.717, 1.165) is 24.7 Å². The normalized spacial score (nSPS) is 24.2. The number of hydrogen-bond donors (Lipinski definition) is 0. The lowest BCUT2D eigenvalue weighted by Crippen LogP contribution is -2.41. The van der Waals surface area contributed by atoms with Gasteiger partial charge in [0.15, 0.2) is 0 Å². The summed E-state index contributed by atoms with van der Waals surface area (Å²) in [5.41, 5.74) is 0.0261. The van der Waals surface area contributed by atoms with E-state index in [0.29, 0.717) is 18.0 Å². The third-order valence-corrected chi connectivity index (χ3v) is 7.27. The first-order valence-corrected chi connectivity index (χ1v) is 10.0. The molecule has 0 unspecified atom stereocenters. The molecule has 2 aliphatic rings. The van der Waals surface area contributed by atoms with Crippen LogP contribution in [-0.4, -0.2) is 44.1 Å². The highest BCUT2D eigenvalue weighted by molar-refractivity contribution is 7.89. The highest BCUT2D eigenvalue weighted by atomic mass is 32.2. The van der Waals surface area contributed by atoms with Crippen LogP contribution in [0.2, 0.25) is 0 Å². The molecule has 3 rings (SSSR count). The zero-order valence-electron chi connectivity index (χ0n) is 14.9. The second-order valence-electron chi connectivity index (χ2n) is 7.62. The fourth-order valence-corrected chi connectivity index (χ4v) is 4.55. The van der Waals surface area contributed by atoms with Gasteiger partial charge in [-0.3, -0.25) is 0 Å². The molecule has 0 aromatic heterocycles. The molecule has 2 fully saturated rings. The van der Waals surface area contributed by atoms with Gasteiger partial charge in [0.05, 0.1) is 16.1 Å². The van der Waals surface area contributed by atoms with E-state index in [1.54, 1.807) is 28.6 Å². The molecule has 0 atom stereocenters. The minimum absolute atomic E-state index is 0.338. The first-order chi connectivity index (χ1) is 11.1. The van der Waals surface area contributed by atoms with Crippen molar-refractivity contribution in [1.29, 1.82) is 0 Å². The number of nitrogens with zero attached hydrogens (tertiary/aromatic N) is 1. The topological polar surface area (TPSA) is 55.8 Å². The number of benzene rings is 1. The lowest BCUT2D eigenvalue weighted by Gasteiger charge is -2.32. The van der Waals surface area contributed by atoms with Crippen LogP contribution < -0.4 is 5.46 Å². The molecule has 2 saturated heterocycles. The standard InChI is InChI=1S/C17H26BNO4S/c1-16(2)17(3,4)23-18(22-16)14-8-10-15(11-9-14)24(20,21)19-12-6-5-7-13-19/h8-11H,5-7,12-13H2,1-4H3. The molecule has 0 radical (unpaired) electrons. The highest BCUT2D eigenvalue weighted by Gasteiger charge is 2.51. The molecule has 1 aromatic rings. The molecule has 0 spiro atoms. The molecular weight excluding hydrogens is 325 g/mol. The Balaban J connectivity index is 1.79. The molecule has 0 aliphatic carbocycles. The van der Waals surface area contributed by atoms with Crippen molar-refractivity contribution < 1.29 is 17.7 Å². The highest BCUT2D eigenvalue weighted by Crippen LogP contribution is 2.36. The van der Waals surface area contributed by atoms with E-state index in [-0.39, 0.29) is 0 Å². The Kier molecular flexibility index (Phi) is 4.58. The Morgan fingerprint density at radius 1 is 0.917 bits per heavy atom. The van der Waals surface area contributed by atoms with Crippen molar-refractivity contribution in [3.8, 4) is 0 Å². The summed E-state index contributed by atoms with van der Waals surface area (Å²) in [6, 6.07) is 6.90. The molecule has 2 aliphatic heterocycles. The fourth-order valence-electron chi connectivity index (χ4n) is 3.03. The minimum Gasteiger partial charge on any atom is -0.399 e. The predicted molar refractivity (Wildman–Crippen MR) is 94.8 cm³/mol. The first kappa shape index (κ1) is 17.9. The maximum atomic E-state index is 12.7. The number of rotatable bonds is 3. The molecule has 24 heavy (non-hydrogen) atoms. The SMILES string of the molecule is CC1(C)OB(c2ccc(S(=O)(=O)N3CCCCC3)cc2)OC1(C)C. The molecule has 5 nitrogen and oxygen atoms in total. The molecule has 2 heterocycles. The van der Waals surface area contributed by atoms with Crippen LogP contribution >= 0.6 is 0 Å². The third kappa shape index (κ3) is 3.15. The van der Waals surface area contributed by atoms with Gasteiger partial charge in [-0.2, -0.15) is 4.31 Å². The summed E-state index contributed by atoms with van der Waals surface area (Å²) >= 11 is 0. The van der Waals surface area contributed by atoms with Crippen LogP contribution in [0, 0.1) is 0 Å². The molecular formula is C17H26BNO4S. The van der Waals surface area contributed by atoms with Crippen LogP contribution in [0.3, 0.4) is 0 Å². The molecule has 0 amide bonds. The van der Waals surface area contributed by atoms with Gasteiger partial charge < -0.3 is 9.31 Å². The van der Waals surface area contributed by atoms with Crippen LogP contribution in [0.15, 0.2) is 29.2 Å². The summed E-state index contributed by atoms with van der Waals surface area (Å²) in [6.45, 7) is 9.23. The van der Waals surface area contributed by atoms with Crippen molar-refractivity contribution in [2.24, 2.45) is 0 Å². The van der Waals surface area contributed by atoms with Crippen LogP contribution in [0.4, 0.5) is 0 Å². The van der Waals surface area contributed by atoms with E-state index >= 15 is 0 Å². The lowest BCUT2D eigenvalue weighted by molar-refractivity contribution is 0.00578. The van der Waals surface area contributed by atoms with Crippen LogP contribution in [-0.2, 0) is 19.3 Å². The van der Waals surface area contributed by atoms with Gasteiger partial charge >= 0.3 is 7.12 Å². The van der Waals surface area contributed by atoms with Crippen molar-refractivity contribution in [3.05, 3.63) is 24.3 Å². The maximum Gasteiger partial charge on any atom is 0.494 e. The van der Waals surface area contributed by atoms with Crippen LogP contribution in [0.25, 0.3) is 0 Å². The summed E-state index contributed by atoms with van der Waals surface area (Å²) in [5.74, 6) is 0. The molecule has 0 N–H and O–H groups in total. The molecule has 0 saturated carbocycles. The fraction of sp³-hybridized carbons (Fsp3) is 0.647. The first-order valence-electron chi connectivity index (χ1n) is 8.59. The van der Waals surface area contributed by atoms with Gasteiger partial charge in [0.2, 0.25) is 10.0 Å². The van der Waals surface area contributed by atoms with Gasteiger partial charge in [-0.25, -0.2) is 8.42 Å². The largest absolute Gasteiger partial charge is 0.494 e. The predicted octanol–water partition coefficient (Wildman–Crippen LogP) is 2.16. The molecule has 1 aromatic carbocycles. The second kappa shape index (κ2) is 6.13. The summed E-state index contributed by atoms with van der Waals surface area (Å²) in [7, 11) is -3.87. The van der Waals surface area contributed by atoms with E-state index in [9.17, 15) is 8.42 Å². The van der Waals surface area contributed by atoms with E-state index in [1.165, 1.54) is 0 Å². The zero-order valence-corrected chi connectivity index (χ0v) is 15.7. The average Bonchev–Trinajstić information content (AvgIpc) is 2.76. The van der Waals surface area contributed by atoms with Gasteiger partial charge in [-0.05, 0) is 58.1 Å². The second-order valence-corrected chi connectivity index (χ2v) is 9.56. The zero-order chi connectivity index (χ0) is 17.6. The van der Waals surface area contributed by atoms with Gasteiger partial charge in [-0.15, -0.1) is 0 Å². The quantitative estimate of drug-likeness (QED) is 0.783. The third-order valence-electron chi connectivity index (χ3n) is 5.36. The number of hydrogen-bond acceptors (Lipinski definition) is 4. The number of sulfonamides is 1. The Morgan fingerprint density at radius 3 is 1.92 bits per heavy atom. The Hall–Kier alpha value is -0.885. The van der Waals surface area contributed by atoms with Crippen molar-refractivity contribution in [3.63, 3.8) is 0 Å². The van der Waals surface area contributed by atoms with Crippen LogP contribution in [0.5, 0.6) is 0 Å². The van der Waals surface area contributed by atoms with Crippen molar-refractivity contribution in [2.75, 3.05) is 13.1 Å². The maximum absolute atomic E-state index is 12.7.